The Hall–Kier alpha value is -7.50. The van der Waals surface area contributed by atoms with Crippen molar-refractivity contribution in [1.29, 1.82) is 0 Å². The van der Waals surface area contributed by atoms with Crippen molar-refractivity contribution < 1.29 is 0 Å². The van der Waals surface area contributed by atoms with E-state index in [2.05, 4.69) is 240 Å². The molecule has 0 aromatic heterocycles. The molecule has 0 atom stereocenters. The molecule has 4 heteroatoms. The van der Waals surface area contributed by atoms with Crippen molar-refractivity contribution in [3.63, 3.8) is 0 Å². The van der Waals surface area contributed by atoms with E-state index >= 15 is 0 Å². The molecule has 0 aliphatic carbocycles. The summed E-state index contributed by atoms with van der Waals surface area (Å²) in [5.74, 6) is 0. The summed E-state index contributed by atoms with van der Waals surface area (Å²) < 4.78 is 0. The van der Waals surface area contributed by atoms with Gasteiger partial charge in [-0.2, -0.15) is 0 Å². The summed E-state index contributed by atoms with van der Waals surface area (Å²) in [6.45, 7) is 0. The lowest BCUT2D eigenvalue weighted by Gasteiger charge is -2.34. The molecule has 64 heavy (non-hydrogen) atoms. The molecule has 0 bridgehead atoms. The molecule has 13 rings (SSSR count). The van der Waals surface area contributed by atoms with Crippen molar-refractivity contribution in [2.75, 3.05) is 9.80 Å². The maximum Gasteiger partial charge on any atom is 0.0601 e. The van der Waals surface area contributed by atoms with Gasteiger partial charge in [-0.05, 0) is 151 Å². The van der Waals surface area contributed by atoms with Gasteiger partial charge in [-0.25, -0.2) is 0 Å². The minimum atomic E-state index is 1.13. The molecular weight excluding hydrogens is 813 g/mol. The lowest BCUT2D eigenvalue weighted by molar-refractivity contribution is 1.17. The van der Waals surface area contributed by atoms with E-state index in [0.717, 1.165) is 11.4 Å². The van der Waals surface area contributed by atoms with Gasteiger partial charge in [0, 0.05) is 31.0 Å². The summed E-state index contributed by atoms with van der Waals surface area (Å²) in [6.07, 6.45) is 0. The Morgan fingerprint density at radius 1 is 0.250 bits per heavy atom. The first kappa shape index (κ1) is 37.1. The first-order valence-corrected chi connectivity index (χ1v) is 23.4. The highest BCUT2D eigenvalue weighted by atomic mass is 32.2. The van der Waals surface area contributed by atoms with Crippen LogP contribution < -0.4 is 9.80 Å². The van der Waals surface area contributed by atoms with Gasteiger partial charge < -0.3 is 9.80 Å². The largest absolute Gasteiger partial charge is 0.308 e. The maximum atomic E-state index is 2.45. The summed E-state index contributed by atoms with van der Waals surface area (Å²) in [7, 11) is 0. The van der Waals surface area contributed by atoms with E-state index in [1.165, 1.54) is 108 Å². The maximum absolute atomic E-state index is 2.45. The van der Waals surface area contributed by atoms with Gasteiger partial charge in [-0.15, -0.1) is 0 Å². The lowest BCUT2D eigenvalue weighted by atomic mass is 9.84. The molecule has 0 N–H and O–H groups in total. The Morgan fingerprint density at radius 2 is 0.672 bits per heavy atom. The zero-order chi connectivity index (χ0) is 42.1. The quantitative estimate of drug-likeness (QED) is 0.159. The van der Waals surface area contributed by atoms with Gasteiger partial charge in [0.1, 0.15) is 0 Å². The molecule has 0 fully saturated rings. The van der Waals surface area contributed by atoms with Crippen molar-refractivity contribution in [2.45, 2.75) is 19.6 Å². The monoisotopic (exact) mass is 850 g/mol. The molecule has 2 aliphatic rings. The lowest BCUT2D eigenvalue weighted by Crippen LogP contribution is -2.15. The van der Waals surface area contributed by atoms with Crippen LogP contribution in [0.3, 0.4) is 0 Å². The Bertz CT molecular complexity index is 3560. The minimum absolute atomic E-state index is 1.13. The number of para-hydroxylation sites is 4. The molecular formula is C60H38N2S2. The molecule has 2 nitrogen and oxygen atoms in total. The molecule has 11 aromatic rings. The average molecular weight is 851 g/mol. The van der Waals surface area contributed by atoms with Gasteiger partial charge in [-0.1, -0.05) is 169 Å². The topological polar surface area (TPSA) is 6.48 Å². The van der Waals surface area contributed by atoms with Crippen LogP contribution in [-0.4, -0.2) is 0 Å². The third-order valence-corrected chi connectivity index (χ3v) is 15.0. The molecule has 0 saturated carbocycles. The molecule has 11 aromatic carbocycles. The van der Waals surface area contributed by atoms with E-state index < -0.39 is 0 Å². The number of rotatable bonds is 5. The summed E-state index contributed by atoms with van der Waals surface area (Å²) in [5.41, 5.74) is 14.3. The molecule has 0 saturated heterocycles. The average Bonchev–Trinajstić information content (AvgIpc) is 3.36. The number of benzene rings is 11. The van der Waals surface area contributed by atoms with Crippen molar-refractivity contribution in [1.82, 2.24) is 0 Å². The van der Waals surface area contributed by atoms with Crippen LogP contribution in [0, 0.1) is 0 Å². The zero-order valence-corrected chi connectivity index (χ0v) is 36.3. The third kappa shape index (κ3) is 6.06. The third-order valence-electron chi connectivity index (χ3n) is 12.8. The molecule has 2 heterocycles. The second-order valence-corrected chi connectivity index (χ2v) is 18.6. The smallest absolute Gasteiger partial charge is 0.0601 e. The van der Waals surface area contributed by atoms with Crippen molar-refractivity contribution in [3.05, 3.63) is 231 Å². The highest BCUT2D eigenvalue weighted by molar-refractivity contribution is 8.00. The van der Waals surface area contributed by atoms with E-state index in [0.29, 0.717) is 0 Å². The van der Waals surface area contributed by atoms with E-state index in [1.54, 1.807) is 0 Å². The zero-order valence-electron chi connectivity index (χ0n) is 34.7. The number of fused-ring (bicyclic) bond motifs is 7. The van der Waals surface area contributed by atoms with Crippen molar-refractivity contribution in [2.24, 2.45) is 0 Å². The standard InChI is InChI=1S/C60H38N2S2/c1-2-16-40(17-3-1)59-47-33-31-46(62-53-23-8-12-27-57(53)64-58-28-13-9-24-54(58)62)38-50(47)60(44-20-14-19-42(36-44)43-30-29-39-15-4-5-18-41(39)35-43)48-34-32-45(37-49(48)59)61-51-21-6-10-25-55(51)63-56-26-11-7-22-52(56)61/h1-38H. The van der Waals surface area contributed by atoms with Crippen LogP contribution in [0.25, 0.3) is 65.7 Å². The highest BCUT2D eigenvalue weighted by Crippen LogP contribution is 2.55. The Balaban J connectivity index is 1.11. The van der Waals surface area contributed by atoms with Gasteiger partial charge in [0.25, 0.3) is 0 Å². The normalized spacial score (nSPS) is 12.8. The number of hydrogen-bond acceptors (Lipinski definition) is 4. The Kier molecular flexibility index (Phi) is 8.75. The summed E-state index contributed by atoms with van der Waals surface area (Å²) in [4.78, 5) is 9.91. The second kappa shape index (κ2) is 15.1. The van der Waals surface area contributed by atoms with Crippen molar-refractivity contribution >= 4 is 90.0 Å². The van der Waals surface area contributed by atoms with E-state index in [1.807, 2.05) is 23.5 Å². The van der Waals surface area contributed by atoms with Gasteiger partial charge in [0.2, 0.25) is 0 Å². The Morgan fingerprint density at radius 3 is 1.22 bits per heavy atom. The van der Waals surface area contributed by atoms with E-state index in [-0.39, 0.29) is 0 Å². The first-order chi connectivity index (χ1) is 31.7. The molecule has 0 spiro atoms. The fourth-order valence-corrected chi connectivity index (χ4v) is 12.0. The number of anilines is 6. The minimum Gasteiger partial charge on any atom is -0.308 e. The van der Waals surface area contributed by atoms with Gasteiger partial charge in [-0.3, -0.25) is 0 Å². The van der Waals surface area contributed by atoms with E-state index in [4.69, 9.17) is 0 Å². The highest BCUT2D eigenvalue weighted by Gasteiger charge is 2.28. The van der Waals surface area contributed by atoms with E-state index in [9.17, 15) is 0 Å². The summed E-state index contributed by atoms with van der Waals surface area (Å²) in [6, 6.07) is 85.1. The molecule has 2 aliphatic heterocycles. The summed E-state index contributed by atoms with van der Waals surface area (Å²) in [5, 5.41) is 7.35. The number of hydrogen-bond donors (Lipinski definition) is 0. The van der Waals surface area contributed by atoms with Crippen LogP contribution in [-0.2, 0) is 0 Å². The second-order valence-electron chi connectivity index (χ2n) is 16.5. The van der Waals surface area contributed by atoms with Crippen LogP contribution >= 0.6 is 23.5 Å². The van der Waals surface area contributed by atoms with Crippen LogP contribution in [0.1, 0.15) is 0 Å². The fraction of sp³-hybridized carbons (Fsp3) is 0. The molecule has 0 radical (unpaired) electrons. The van der Waals surface area contributed by atoms with Crippen LogP contribution in [0.5, 0.6) is 0 Å². The SMILES string of the molecule is c1ccc(-c2c3ccc(N4c5ccccc5Sc5ccccc54)cc3c(-c3cccc(-c4ccc5ccccc5c4)c3)c3ccc(N4c5ccccc5Sc5ccccc54)cc23)cc1. The number of nitrogens with zero attached hydrogens (tertiary/aromatic N) is 2. The van der Waals surface area contributed by atoms with Crippen molar-refractivity contribution in [3.8, 4) is 33.4 Å². The van der Waals surface area contributed by atoms with Gasteiger partial charge >= 0.3 is 0 Å². The van der Waals surface area contributed by atoms with Gasteiger partial charge in [0.15, 0.2) is 0 Å². The molecule has 0 amide bonds. The van der Waals surface area contributed by atoms with Crippen LogP contribution in [0.4, 0.5) is 34.1 Å². The Labute approximate surface area is 381 Å². The van der Waals surface area contributed by atoms with Crippen LogP contribution in [0.2, 0.25) is 0 Å². The molecule has 300 valence electrons. The fourth-order valence-electron chi connectivity index (χ4n) is 9.90. The predicted octanol–water partition coefficient (Wildman–Crippen LogP) is 18.0. The molecule has 0 unspecified atom stereocenters. The van der Waals surface area contributed by atoms with Gasteiger partial charge in [0.05, 0.1) is 22.7 Å². The first-order valence-electron chi connectivity index (χ1n) is 21.7. The van der Waals surface area contributed by atoms with Crippen LogP contribution in [0.15, 0.2) is 250 Å². The predicted molar refractivity (Wildman–Crippen MR) is 273 cm³/mol. The summed E-state index contributed by atoms with van der Waals surface area (Å²) >= 11 is 3.69.